The SMILES string of the molecule is CC(C)(C)OC(=O)N[C@H]1CC[C@H](Nc2ncc(F)c(-c3ccnc(N4CCCCC4=O)c3)n2)CC1. The molecule has 2 amide bonds. The summed E-state index contributed by atoms with van der Waals surface area (Å²) in [6.07, 6.45) is 7.84. The van der Waals surface area contributed by atoms with E-state index in [4.69, 9.17) is 4.74 Å². The Bertz CT molecular complexity index is 1070. The van der Waals surface area contributed by atoms with Gasteiger partial charge in [0.05, 0.1) is 6.20 Å². The number of halogens is 1. The second-order valence-electron chi connectivity index (χ2n) is 10.1. The first kappa shape index (κ1) is 24.8. The zero-order chi connectivity index (χ0) is 25.0. The standard InChI is InChI=1S/C25H33FN6O3/c1-25(2,3)35-24(34)30-18-9-7-17(8-10-18)29-23-28-15-19(26)22(31-23)16-11-12-27-20(14-16)32-13-5-4-6-21(32)33/h11-12,14-15,17-18H,4-10,13H2,1-3H3,(H,30,34)(H,28,29,31)/t17-,18-. The molecule has 1 saturated carbocycles. The van der Waals surface area contributed by atoms with Crippen molar-refractivity contribution in [2.24, 2.45) is 0 Å². The van der Waals surface area contributed by atoms with E-state index in [0.717, 1.165) is 44.7 Å². The van der Waals surface area contributed by atoms with Gasteiger partial charge in [-0.3, -0.25) is 9.69 Å². The number of carbonyl (C=O) groups excluding carboxylic acids is 2. The number of alkyl carbamates (subject to hydrolysis) is 1. The molecule has 10 heteroatoms. The van der Waals surface area contributed by atoms with Gasteiger partial charge in [-0.2, -0.15) is 0 Å². The van der Waals surface area contributed by atoms with Gasteiger partial charge in [-0.1, -0.05) is 0 Å². The average Bonchev–Trinajstić information content (AvgIpc) is 2.81. The first-order valence-electron chi connectivity index (χ1n) is 12.2. The van der Waals surface area contributed by atoms with Crippen LogP contribution in [0.2, 0.25) is 0 Å². The van der Waals surface area contributed by atoms with Gasteiger partial charge in [-0.25, -0.2) is 24.1 Å². The molecule has 35 heavy (non-hydrogen) atoms. The van der Waals surface area contributed by atoms with Crippen LogP contribution in [-0.2, 0) is 9.53 Å². The molecule has 0 spiro atoms. The summed E-state index contributed by atoms with van der Waals surface area (Å²) in [6, 6.07) is 3.55. The van der Waals surface area contributed by atoms with Crippen LogP contribution in [0.1, 0.15) is 65.7 Å². The highest BCUT2D eigenvalue weighted by Gasteiger charge is 2.26. The number of hydrogen-bond acceptors (Lipinski definition) is 7. The number of piperidine rings is 1. The summed E-state index contributed by atoms with van der Waals surface area (Å²) in [5.74, 6) is 0.346. The van der Waals surface area contributed by atoms with Gasteiger partial charge in [0.2, 0.25) is 11.9 Å². The Morgan fingerprint density at radius 3 is 2.60 bits per heavy atom. The van der Waals surface area contributed by atoms with Crippen LogP contribution in [0.4, 0.5) is 21.0 Å². The van der Waals surface area contributed by atoms with Crippen LogP contribution in [0.3, 0.4) is 0 Å². The molecule has 2 aromatic rings. The molecule has 9 nitrogen and oxygen atoms in total. The van der Waals surface area contributed by atoms with Crippen LogP contribution < -0.4 is 15.5 Å². The highest BCUT2D eigenvalue weighted by Crippen LogP contribution is 2.27. The number of hydrogen-bond donors (Lipinski definition) is 2. The third-order valence-corrected chi connectivity index (χ3v) is 6.14. The molecule has 0 atom stereocenters. The van der Waals surface area contributed by atoms with Crippen LogP contribution in [0.5, 0.6) is 0 Å². The van der Waals surface area contributed by atoms with E-state index < -0.39 is 17.5 Å². The molecule has 0 bridgehead atoms. The van der Waals surface area contributed by atoms with E-state index in [-0.39, 0.29) is 23.7 Å². The van der Waals surface area contributed by atoms with Crippen molar-refractivity contribution in [1.82, 2.24) is 20.3 Å². The fourth-order valence-electron chi connectivity index (χ4n) is 4.44. The minimum absolute atomic E-state index is 0.0307. The van der Waals surface area contributed by atoms with Gasteiger partial charge < -0.3 is 15.4 Å². The zero-order valence-electron chi connectivity index (χ0n) is 20.5. The quantitative estimate of drug-likeness (QED) is 0.646. The number of nitrogens with zero attached hydrogens (tertiary/aromatic N) is 4. The lowest BCUT2D eigenvalue weighted by atomic mass is 9.91. The van der Waals surface area contributed by atoms with Crippen molar-refractivity contribution >= 4 is 23.8 Å². The largest absolute Gasteiger partial charge is 0.444 e. The number of pyridine rings is 1. The molecule has 2 N–H and O–H groups in total. The van der Waals surface area contributed by atoms with E-state index in [1.807, 2.05) is 20.8 Å². The minimum atomic E-state index is -0.539. The Balaban J connectivity index is 1.39. The maximum absolute atomic E-state index is 14.7. The second-order valence-corrected chi connectivity index (χ2v) is 10.1. The maximum Gasteiger partial charge on any atom is 0.407 e. The first-order valence-corrected chi connectivity index (χ1v) is 12.2. The summed E-state index contributed by atoms with van der Waals surface area (Å²) in [4.78, 5) is 38.8. The average molecular weight is 485 g/mol. The van der Waals surface area contributed by atoms with E-state index in [1.165, 1.54) is 0 Å². The molecule has 188 valence electrons. The van der Waals surface area contributed by atoms with Gasteiger partial charge >= 0.3 is 6.09 Å². The second kappa shape index (κ2) is 10.5. The molecular weight excluding hydrogens is 451 g/mol. The number of carbonyl (C=O) groups is 2. The molecule has 0 radical (unpaired) electrons. The van der Waals surface area contributed by atoms with Crippen LogP contribution in [0.15, 0.2) is 24.5 Å². The molecule has 1 saturated heterocycles. The summed E-state index contributed by atoms with van der Waals surface area (Å²) >= 11 is 0. The van der Waals surface area contributed by atoms with Crippen molar-refractivity contribution in [3.63, 3.8) is 0 Å². The lowest BCUT2D eigenvalue weighted by Gasteiger charge is -2.30. The van der Waals surface area contributed by atoms with Crippen LogP contribution in [0.25, 0.3) is 11.3 Å². The monoisotopic (exact) mass is 484 g/mol. The molecule has 0 aromatic carbocycles. The Hall–Kier alpha value is -3.30. The van der Waals surface area contributed by atoms with Crippen molar-refractivity contribution in [3.8, 4) is 11.3 Å². The smallest absolute Gasteiger partial charge is 0.407 e. The fourth-order valence-corrected chi connectivity index (χ4v) is 4.44. The Morgan fingerprint density at radius 1 is 1.14 bits per heavy atom. The summed E-state index contributed by atoms with van der Waals surface area (Å²) < 4.78 is 20.0. The highest BCUT2D eigenvalue weighted by atomic mass is 19.1. The van der Waals surface area contributed by atoms with Crippen molar-refractivity contribution in [2.45, 2.75) is 83.4 Å². The van der Waals surface area contributed by atoms with E-state index >= 15 is 0 Å². The van der Waals surface area contributed by atoms with E-state index in [1.54, 1.807) is 23.2 Å². The predicted octanol–water partition coefficient (Wildman–Crippen LogP) is 4.44. The van der Waals surface area contributed by atoms with Gasteiger partial charge in [-0.15, -0.1) is 0 Å². The van der Waals surface area contributed by atoms with Gasteiger partial charge in [0.1, 0.15) is 17.1 Å². The van der Waals surface area contributed by atoms with Crippen LogP contribution >= 0.6 is 0 Å². The van der Waals surface area contributed by atoms with Crippen LogP contribution in [-0.4, -0.2) is 51.2 Å². The fraction of sp³-hybridized carbons (Fsp3) is 0.560. The molecule has 1 aliphatic heterocycles. The lowest BCUT2D eigenvalue weighted by molar-refractivity contribution is -0.119. The van der Waals surface area contributed by atoms with Crippen molar-refractivity contribution in [2.75, 3.05) is 16.8 Å². The zero-order valence-corrected chi connectivity index (χ0v) is 20.5. The number of amides is 2. The first-order chi connectivity index (χ1) is 16.7. The molecule has 2 aliphatic rings. The van der Waals surface area contributed by atoms with E-state index in [0.29, 0.717) is 30.3 Å². The summed E-state index contributed by atoms with van der Waals surface area (Å²) in [5, 5.41) is 6.23. The number of nitrogens with one attached hydrogen (secondary N) is 2. The number of anilines is 2. The normalized spacial score (nSPS) is 20.9. The Morgan fingerprint density at radius 2 is 1.89 bits per heavy atom. The third kappa shape index (κ3) is 6.64. The van der Waals surface area contributed by atoms with Gasteiger partial charge in [0.15, 0.2) is 5.82 Å². The topological polar surface area (TPSA) is 109 Å². The number of rotatable bonds is 5. The summed E-state index contributed by atoms with van der Waals surface area (Å²) in [7, 11) is 0. The third-order valence-electron chi connectivity index (χ3n) is 6.14. The lowest BCUT2D eigenvalue weighted by Crippen LogP contribution is -2.42. The number of ether oxygens (including phenoxy) is 1. The van der Waals surface area contributed by atoms with Gasteiger partial charge in [0.25, 0.3) is 0 Å². The van der Waals surface area contributed by atoms with E-state index in [9.17, 15) is 14.0 Å². The molecule has 1 aliphatic carbocycles. The molecular formula is C25H33FN6O3. The van der Waals surface area contributed by atoms with Crippen molar-refractivity contribution in [1.29, 1.82) is 0 Å². The Labute approximate surface area is 204 Å². The van der Waals surface area contributed by atoms with Gasteiger partial charge in [0, 0.05) is 36.8 Å². The van der Waals surface area contributed by atoms with E-state index in [2.05, 4.69) is 25.6 Å². The van der Waals surface area contributed by atoms with Gasteiger partial charge in [-0.05, 0) is 71.4 Å². The summed E-state index contributed by atoms with van der Waals surface area (Å²) in [5.41, 5.74) is 0.178. The minimum Gasteiger partial charge on any atom is -0.444 e. The van der Waals surface area contributed by atoms with Crippen LogP contribution in [0, 0.1) is 5.82 Å². The number of aromatic nitrogens is 3. The maximum atomic E-state index is 14.7. The summed E-state index contributed by atoms with van der Waals surface area (Å²) in [6.45, 7) is 6.12. The molecule has 2 fully saturated rings. The molecule has 4 rings (SSSR count). The molecule has 2 aromatic heterocycles. The highest BCUT2D eigenvalue weighted by molar-refractivity contribution is 5.93. The van der Waals surface area contributed by atoms with Crippen molar-refractivity contribution in [3.05, 3.63) is 30.3 Å². The Kier molecular flexibility index (Phi) is 7.47. The molecule has 3 heterocycles. The molecule has 0 unspecified atom stereocenters. The predicted molar refractivity (Wildman–Crippen MR) is 130 cm³/mol. The van der Waals surface area contributed by atoms with Crippen molar-refractivity contribution < 1.29 is 18.7 Å².